The summed E-state index contributed by atoms with van der Waals surface area (Å²) in [6.07, 6.45) is 0. The van der Waals surface area contributed by atoms with Crippen LogP contribution in [0.2, 0.25) is 5.02 Å². The molecule has 0 aromatic heterocycles. The normalized spacial score (nSPS) is 12.6. The second-order valence-corrected chi connectivity index (χ2v) is 4.37. The first-order valence-electron chi connectivity index (χ1n) is 3.74. The van der Waals surface area contributed by atoms with Crippen LogP contribution < -0.4 is 0 Å². The van der Waals surface area contributed by atoms with Crippen LogP contribution in [0.1, 0.15) is 0 Å². The Kier molecular flexibility index (Phi) is 6.98. The fourth-order valence-electron chi connectivity index (χ4n) is 0.546. The molecule has 16 heavy (non-hydrogen) atoms. The average Bonchev–Trinajstić information content (AvgIpc) is 2.18. The number of hydrogen-bond acceptors (Lipinski definition) is 2. The van der Waals surface area contributed by atoms with Gasteiger partial charge in [0, 0.05) is 9.92 Å². The minimum Gasteiger partial charge on any atom is -0.768 e. The van der Waals surface area contributed by atoms with Crippen molar-refractivity contribution in [2.45, 2.75) is 10.3 Å². The van der Waals surface area contributed by atoms with E-state index < -0.39 is 23.1 Å². The Morgan fingerprint density at radius 3 is 1.94 bits per heavy atom. The van der Waals surface area contributed by atoms with Crippen molar-refractivity contribution in [1.82, 2.24) is 0 Å². The highest BCUT2D eigenvalue weighted by Crippen LogP contribution is 2.17. The molecule has 1 unspecified atom stereocenters. The van der Waals surface area contributed by atoms with Crippen molar-refractivity contribution in [2.24, 2.45) is 0 Å². The molecule has 0 amide bonds. The minimum absolute atomic E-state index is 0.254. The summed E-state index contributed by atoms with van der Waals surface area (Å²) in [6, 6.07) is 5.97. The molecule has 1 aromatic rings. The third kappa shape index (κ3) is 7.92. The lowest BCUT2D eigenvalue weighted by molar-refractivity contribution is 0.0653. The van der Waals surface area contributed by atoms with E-state index >= 15 is 0 Å². The van der Waals surface area contributed by atoms with Gasteiger partial charge in [-0.05, 0) is 46.9 Å². The molecular weight excluding hydrogens is 288 g/mol. The van der Waals surface area contributed by atoms with Crippen LogP contribution >= 0.6 is 23.2 Å². The van der Waals surface area contributed by atoms with E-state index in [4.69, 9.17) is 11.6 Å². The summed E-state index contributed by atoms with van der Waals surface area (Å²) in [4.78, 5) is 0.254. The van der Waals surface area contributed by atoms with Gasteiger partial charge in [-0.15, -0.1) is 0 Å². The first-order valence-corrected chi connectivity index (χ1v) is 5.57. The van der Waals surface area contributed by atoms with Gasteiger partial charge in [0.2, 0.25) is 0 Å². The Bertz CT molecular complexity index is 340. The van der Waals surface area contributed by atoms with Gasteiger partial charge in [0.05, 0.1) is 0 Å². The molecular formula is C8H6Cl2F3O2S-. The zero-order valence-electron chi connectivity index (χ0n) is 7.63. The van der Waals surface area contributed by atoms with Crippen LogP contribution in [0.3, 0.4) is 0 Å². The molecule has 1 rings (SSSR count). The molecule has 0 bridgehead atoms. The molecule has 0 N–H and O–H groups in total. The van der Waals surface area contributed by atoms with Crippen molar-refractivity contribution in [3.05, 3.63) is 29.3 Å². The average molecular weight is 294 g/mol. The van der Waals surface area contributed by atoms with Crippen LogP contribution in [-0.2, 0) is 11.1 Å². The smallest absolute Gasteiger partial charge is 0.349 e. The maximum atomic E-state index is 10.8. The Morgan fingerprint density at radius 1 is 1.31 bits per heavy atom. The second-order valence-electron chi connectivity index (χ2n) is 2.44. The SMILES string of the molecule is FCC(F)(F)Cl.O=S([O-])c1ccc(Cl)cc1. The molecule has 0 fully saturated rings. The van der Waals surface area contributed by atoms with Crippen LogP contribution in [0.15, 0.2) is 29.2 Å². The van der Waals surface area contributed by atoms with Crippen molar-refractivity contribution in [1.29, 1.82) is 0 Å². The molecule has 0 saturated heterocycles. The van der Waals surface area contributed by atoms with Crippen molar-refractivity contribution >= 4 is 34.3 Å². The summed E-state index contributed by atoms with van der Waals surface area (Å²) >= 11 is 7.38. The summed E-state index contributed by atoms with van der Waals surface area (Å²) in [5, 5.41) is -3.12. The first-order chi connectivity index (χ1) is 7.26. The van der Waals surface area contributed by atoms with E-state index in [9.17, 15) is 21.9 Å². The molecule has 0 saturated carbocycles. The van der Waals surface area contributed by atoms with Crippen LogP contribution in [0.25, 0.3) is 0 Å². The predicted molar refractivity (Wildman–Crippen MR) is 55.4 cm³/mol. The van der Waals surface area contributed by atoms with E-state index in [1.807, 2.05) is 0 Å². The highest BCUT2D eigenvalue weighted by Gasteiger charge is 2.23. The largest absolute Gasteiger partial charge is 0.768 e. The topological polar surface area (TPSA) is 40.1 Å². The van der Waals surface area contributed by atoms with Crippen molar-refractivity contribution in [3.63, 3.8) is 0 Å². The number of halogens is 5. The van der Waals surface area contributed by atoms with E-state index in [1.54, 1.807) is 0 Å². The van der Waals surface area contributed by atoms with Gasteiger partial charge in [-0.1, -0.05) is 11.6 Å². The Hall–Kier alpha value is -0.300. The number of hydrogen-bond donors (Lipinski definition) is 0. The predicted octanol–water partition coefficient (Wildman–Crippen LogP) is 3.37. The van der Waals surface area contributed by atoms with Crippen molar-refractivity contribution < 1.29 is 21.9 Å². The van der Waals surface area contributed by atoms with Crippen LogP contribution in [0, 0.1) is 0 Å². The lowest BCUT2D eigenvalue weighted by Gasteiger charge is -2.02. The number of rotatable bonds is 2. The molecule has 1 aromatic carbocycles. The molecule has 1 atom stereocenters. The summed E-state index contributed by atoms with van der Waals surface area (Å²) in [5.41, 5.74) is 0. The molecule has 0 spiro atoms. The molecule has 92 valence electrons. The maximum Gasteiger partial charge on any atom is 0.349 e. The van der Waals surface area contributed by atoms with Crippen molar-refractivity contribution in [2.75, 3.05) is 6.67 Å². The standard InChI is InChI=1S/C6H5ClO2S.C2H2ClF3/c7-5-1-3-6(4-2-5)10(8)9;3-2(5,6)1-4/h1-4H,(H,8,9);1H2/p-1. The fourth-order valence-corrected chi connectivity index (χ4v) is 1.03. The molecule has 0 aliphatic rings. The quantitative estimate of drug-likeness (QED) is 0.620. The molecule has 0 aliphatic carbocycles. The second kappa shape index (κ2) is 7.11. The number of benzene rings is 1. The zero-order valence-corrected chi connectivity index (χ0v) is 9.96. The first kappa shape index (κ1) is 15.7. The Labute approximate surface area is 103 Å². The van der Waals surface area contributed by atoms with Gasteiger partial charge in [0.1, 0.15) is 0 Å². The van der Waals surface area contributed by atoms with Gasteiger partial charge in [-0.25, -0.2) is 4.39 Å². The molecule has 0 radical (unpaired) electrons. The molecule has 2 nitrogen and oxygen atoms in total. The van der Waals surface area contributed by atoms with Crippen LogP contribution in [-0.4, -0.2) is 20.8 Å². The third-order valence-electron chi connectivity index (χ3n) is 1.16. The highest BCUT2D eigenvalue weighted by atomic mass is 35.5. The molecule has 8 heteroatoms. The monoisotopic (exact) mass is 293 g/mol. The number of alkyl halides is 4. The van der Waals surface area contributed by atoms with Gasteiger partial charge in [-0.3, -0.25) is 4.21 Å². The summed E-state index contributed by atoms with van der Waals surface area (Å²) < 4.78 is 52.8. The highest BCUT2D eigenvalue weighted by molar-refractivity contribution is 7.79. The molecule has 0 heterocycles. The summed E-state index contributed by atoms with van der Waals surface area (Å²) in [5.74, 6) is 0. The minimum atomic E-state index is -3.65. The van der Waals surface area contributed by atoms with E-state index in [0.717, 1.165) is 0 Å². The maximum absolute atomic E-state index is 10.8. The summed E-state index contributed by atoms with van der Waals surface area (Å²) in [6.45, 7) is -1.80. The van der Waals surface area contributed by atoms with Gasteiger partial charge < -0.3 is 4.55 Å². The zero-order chi connectivity index (χ0) is 12.8. The van der Waals surface area contributed by atoms with Gasteiger partial charge in [0.25, 0.3) is 0 Å². The van der Waals surface area contributed by atoms with Crippen LogP contribution in [0.4, 0.5) is 13.2 Å². The molecule has 0 aliphatic heterocycles. The Balaban J connectivity index is 0.000000325. The van der Waals surface area contributed by atoms with Gasteiger partial charge in [-0.2, -0.15) is 8.78 Å². The Morgan fingerprint density at radius 2 is 1.69 bits per heavy atom. The summed E-state index contributed by atoms with van der Waals surface area (Å²) in [7, 11) is 0. The van der Waals surface area contributed by atoms with E-state index in [0.29, 0.717) is 5.02 Å². The van der Waals surface area contributed by atoms with Gasteiger partial charge >= 0.3 is 5.38 Å². The lowest BCUT2D eigenvalue weighted by atomic mass is 10.4. The van der Waals surface area contributed by atoms with E-state index in [-0.39, 0.29) is 4.90 Å². The third-order valence-corrected chi connectivity index (χ3v) is 2.17. The van der Waals surface area contributed by atoms with Gasteiger partial charge in [0.15, 0.2) is 6.67 Å². The van der Waals surface area contributed by atoms with E-state index in [2.05, 4.69) is 11.6 Å². The van der Waals surface area contributed by atoms with E-state index in [1.165, 1.54) is 24.3 Å². The van der Waals surface area contributed by atoms with Crippen LogP contribution in [0.5, 0.6) is 0 Å². The van der Waals surface area contributed by atoms with Crippen molar-refractivity contribution in [3.8, 4) is 0 Å². The lowest BCUT2D eigenvalue weighted by Crippen LogP contribution is -2.06. The fraction of sp³-hybridized carbons (Fsp3) is 0.250.